The summed E-state index contributed by atoms with van der Waals surface area (Å²) in [6.45, 7) is 15.9. The lowest BCUT2D eigenvalue weighted by Crippen LogP contribution is -2.28. The molecule has 1 atom stereocenters. The van der Waals surface area contributed by atoms with Gasteiger partial charge in [-0.05, 0) is 99.3 Å². The lowest BCUT2D eigenvalue weighted by Gasteiger charge is -2.13. The minimum atomic E-state index is -0.284. The fourth-order valence-electron chi connectivity index (χ4n) is 3.40. The van der Waals surface area contributed by atoms with Crippen LogP contribution in [0.5, 0.6) is 0 Å². The van der Waals surface area contributed by atoms with Crippen molar-refractivity contribution in [2.24, 2.45) is 0 Å². The van der Waals surface area contributed by atoms with Crippen LogP contribution in [0.15, 0.2) is 46.6 Å². The maximum Gasteiger partial charge on any atom is 0.407 e. The van der Waals surface area contributed by atoms with Crippen molar-refractivity contribution in [2.45, 2.75) is 125 Å². The lowest BCUT2D eigenvalue weighted by atomic mass is 10.0. The van der Waals surface area contributed by atoms with Crippen molar-refractivity contribution >= 4 is 6.09 Å². The van der Waals surface area contributed by atoms with E-state index < -0.39 is 0 Å². The molecule has 0 aliphatic heterocycles. The van der Waals surface area contributed by atoms with Gasteiger partial charge >= 0.3 is 6.09 Å². The summed E-state index contributed by atoms with van der Waals surface area (Å²) in [6.07, 6.45) is 21.0. The van der Waals surface area contributed by atoms with E-state index >= 15 is 0 Å². The number of unbranched alkanes of at least 4 members (excludes halogenated alkanes) is 2. The molecule has 1 amide bonds. The number of hydrogen-bond acceptors (Lipinski definition) is 2. The normalized spacial score (nSPS) is 13.7. The minimum Gasteiger partial charge on any atom is -0.447 e. The molecule has 0 spiro atoms. The number of rotatable bonds is 17. The first-order valence-corrected chi connectivity index (χ1v) is 12.8. The highest BCUT2D eigenvalue weighted by atomic mass is 16.6. The molecule has 1 unspecified atom stereocenters. The van der Waals surface area contributed by atoms with E-state index in [2.05, 4.69) is 71.2 Å². The second kappa shape index (κ2) is 19.9. The molecule has 0 heterocycles. The van der Waals surface area contributed by atoms with Crippen molar-refractivity contribution < 1.29 is 9.53 Å². The first kappa shape index (κ1) is 30.2. The van der Waals surface area contributed by atoms with Crippen LogP contribution in [0.3, 0.4) is 0 Å². The highest BCUT2D eigenvalue weighted by Crippen LogP contribution is 2.14. The first-order valence-electron chi connectivity index (χ1n) is 12.8. The number of carbonyl (C=O) groups excluding carboxylic acids is 1. The Labute approximate surface area is 199 Å². The summed E-state index contributed by atoms with van der Waals surface area (Å²) in [7, 11) is 0. The van der Waals surface area contributed by atoms with Gasteiger partial charge < -0.3 is 10.1 Å². The number of carbonyl (C=O) groups is 1. The molecule has 0 aliphatic rings. The van der Waals surface area contributed by atoms with Crippen LogP contribution >= 0.6 is 0 Å². The number of amides is 1. The second-order valence-corrected chi connectivity index (χ2v) is 9.48. The molecule has 0 aliphatic carbocycles. The Bertz CT molecular complexity index is 621. The van der Waals surface area contributed by atoms with E-state index in [1.165, 1.54) is 28.7 Å². The van der Waals surface area contributed by atoms with Crippen LogP contribution in [-0.2, 0) is 4.74 Å². The zero-order chi connectivity index (χ0) is 24.2. The summed E-state index contributed by atoms with van der Waals surface area (Å²) in [5, 5.41) is 2.83. The van der Waals surface area contributed by atoms with Gasteiger partial charge in [0.05, 0.1) is 0 Å². The molecule has 0 aromatic heterocycles. The molecule has 3 nitrogen and oxygen atoms in total. The molecule has 0 saturated carbocycles. The Balaban J connectivity index is 4.00. The molecule has 3 heteroatoms. The van der Waals surface area contributed by atoms with E-state index in [-0.39, 0.29) is 12.2 Å². The number of allylic oxidation sites excluding steroid dienone is 8. The van der Waals surface area contributed by atoms with E-state index in [9.17, 15) is 4.79 Å². The van der Waals surface area contributed by atoms with Crippen LogP contribution in [-0.4, -0.2) is 18.7 Å². The van der Waals surface area contributed by atoms with Crippen LogP contribution in [0.1, 0.15) is 119 Å². The van der Waals surface area contributed by atoms with Crippen molar-refractivity contribution in [3.63, 3.8) is 0 Å². The molecular weight excluding hydrogens is 394 g/mol. The van der Waals surface area contributed by atoms with Gasteiger partial charge in [-0.3, -0.25) is 0 Å². The highest BCUT2D eigenvalue weighted by Gasteiger charge is 2.07. The van der Waals surface area contributed by atoms with Gasteiger partial charge in [-0.15, -0.1) is 0 Å². The molecule has 0 aromatic carbocycles. The lowest BCUT2D eigenvalue weighted by molar-refractivity contribution is 0.103. The van der Waals surface area contributed by atoms with Crippen LogP contribution in [0.25, 0.3) is 0 Å². The van der Waals surface area contributed by atoms with Crippen molar-refractivity contribution in [1.82, 2.24) is 5.32 Å². The quantitative estimate of drug-likeness (QED) is 0.179. The zero-order valence-electron chi connectivity index (χ0n) is 22.2. The van der Waals surface area contributed by atoms with Gasteiger partial charge in [0.15, 0.2) is 0 Å². The van der Waals surface area contributed by atoms with Crippen molar-refractivity contribution in [1.29, 1.82) is 0 Å². The van der Waals surface area contributed by atoms with E-state index in [0.717, 1.165) is 64.2 Å². The molecule has 1 N–H and O–H groups in total. The largest absolute Gasteiger partial charge is 0.447 e. The molecule has 0 fully saturated rings. The Morgan fingerprint density at radius 3 is 1.78 bits per heavy atom. The van der Waals surface area contributed by atoms with Crippen molar-refractivity contribution in [2.75, 3.05) is 6.54 Å². The molecule has 184 valence electrons. The maximum atomic E-state index is 11.7. The van der Waals surface area contributed by atoms with E-state index in [0.29, 0.717) is 6.54 Å². The van der Waals surface area contributed by atoms with Crippen LogP contribution in [0.2, 0.25) is 0 Å². The van der Waals surface area contributed by atoms with Crippen LogP contribution < -0.4 is 5.32 Å². The van der Waals surface area contributed by atoms with E-state index in [1.54, 1.807) is 0 Å². The molecule has 0 rings (SSSR count). The Morgan fingerprint density at radius 2 is 1.28 bits per heavy atom. The number of nitrogens with one attached hydrogen (secondary N) is 1. The fourth-order valence-corrected chi connectivity index (χ4v) is 3.40. The average molecular weight is 446 g/mol. The summed E-state index contributed by atoms with van der Waals surface area (Å²) in [5.74, 6) is 0. The van der Waals surface area contributed by atoms with Gasteiger partial charge in [0.25, 0.3) is 0 Å². The monoisotopic (exact) mass is 445 g/mol. The van der Waals surface area contributed by atoms with Gasteiger partial charge in [0.2, 0.25) is 0 Å². The standard InChI is InChI=1S/C29H51NO2/c1-8-9-10-23-30-29(31)32-28(7)22-14-21-27(6)20-13-19-26(5)18-12-17-25(4)16-11-15-24(2)3/h15,17,19,21,28H,8-14,16,18,20,22-23H2,1-7H3,(H,30,31). The molecule has 0 aromatic rings. The average Bonchev–Trinajstić information content (AvgIpc) is 2.71. The van der Waals surface area contributed by atoms with Gasteiger partial charge in [-0.1, -0.05) is 66.4 Å². The summed E-state index contributed by atoms with van der Waals surface area (Å²) in [5.41, 5.74) is 5.81. The topological polar surface area (TPSA) is 38.3 Å². The number of alkyl carbamates (subject to hydrolysis) is 1. The first-order chi connectivity index (χ1) is 15.2. The van der Waals surface area contributed by atoms with Gasteiger partial charge in [-0.25, -0.2) is 4.79 Å². The third-order valence-electron chi connectivity index (χ3n) is 5.58. The zero-order valence-corrected chi connectivity index (χ0v) is 22.2. The molecular formula is C29H51NO2. The summed E-state index contributed by atoms with van der Waals surface area (Å²) >= 11 is 0. The maximum absolute atomic E-state index is 11.7. The number of ether oxygens (including phenoxy) is 1. The number of hydrogen-bond donors (Lipinski definition) is 1. The molecule has 0 radical (unpaired) electrons. The summed E-state index contributed by atoms with van der Waals surface area (Å²) in [4.78, 5) is 11.7. The summed E-state index contributed by atoms with van der Waals surface area (Å²) in [6, 6.07) is 0. The smallest absolute Gasteiger partial charge is 0.407 e. The second-order valence-electron chi connectivity index (χ2n) is 9.48. The third-order valence-corrected chi connectivity index (χ3v) is 5.58. The minimum absolute atomic E-state index is 0.0501. The van der Waals surface area contributed by atoms with Gasteiger partial charge in [-0.2, -0.15) is 0 Å². The van der Waals surface area contributed by atoms with E-state index in [4.69, 9.17) is 4.74 Å². The van der Waals surface area contributed by atoms with Crippen molar-refractivity contribution in [3.05, 3.63) is 46.6 Å². The predicted molar refractivity (Wildman–Crippen MR) is 141 cm³/mol. The third kappa shape index (κ3) is 20.2. The van der Waals surface area contributed by atoms with Gasteiger partial charge in [0.1, 0.15) is 6.10 Å². The predicted octanol–water partition coefficient (Wildman–Crippen LogP) is 9.22. The Kier molecular flexibility index (Phi) is 18.8. The fraction of sp³-hybridized carbons (Fsp3) is 0.690. The van der Waals surface area contributed by atoms with Crippen LogP contribution in [0, 0.1) is 0 Å². The van der Waals surface area contributed by atoms with Crippen molar-refractivity contribution in [3.8, 4) is 0 Å². The summed E-state index contributed by atoms with van der Waals surface area (Å²) < 4.78 is 5.41. The molecule has 32 heavy (non-hydrogen) atoms. The Hall–Kier alpha value is -1.77. The van der Waals surface area contributed by atoms with Gasteiger partial charge in [0, 0.05) is 6.54 Å². The Morgan fingerprint density at radius 1 is 0.781 bits per heavy atom. The highest BCUT2D eigenvalue weighted by molar-refractivity contribution is 5.67. The SMILES string of the molecule is CCCCCNC(=O)OC(C)CCC=C(C)CCC=C(C)CCC=C(C)CCC=C(C)C. The molecule has 0 saturated heterocycles. The van der Waals surface area contributed by atoms with E-state index in [1.807, 2.05) is 6.92 Å². The molecule has 0 bridgehead atoms. The van der Waals surface area contributed by atoms with Crippen LogP contribution in [0.4, 0.5) is 4.79 Å².